The van der Waals surface area contributed by atoms with Gasteiger partial charge in [-0.1, -0.05) is 13.8 Å². The molecule has 31 heavy (non-hydrogen) atoms. The van der Waals surface area contributed by atoms with Crippen LogP contribution in [0.4, 0.5) is 0 Å². The molecule has 4 fully saturated rings. The number of rotatable bonds is 3. The van der Waals surface area contributed by atoms with Crippen molar-refractivity contribution in [2.45, 2.75) is 91.8 Å². The van der Waals surface area contributed by atoms with Crippen LogP contribution in [0.1, 0.15) is 79.6 Å². The molecule has 172 valence electrons. The molecular weight excluding hydrogens is 396 g/mol. The zero-order chi connectivity index (χ0) is 22.7. The van der Waals surface area contributed by atoms with Gasteiger partial charge in [-0.2, -0.15) is 0 Å². The third kappa shape index (κ3) is 3.54. The minimum Gasteiger partial charge on any atom is -0.462 e. The fourth-order valence-electron chi connectivity index (χ4n) is 8.49. The molecule has 0 aromatic rings. The van der Waals surface area contributed by atoms with Crippen molar-refractivity contribution < 1.29 is 28.7 Å². The first-order chi connectivity index (χ1) is 14.5. The van der Waals surface area contributed by atoms with Crippen molar-refractivity contribution in [2.75, 3.05) is 0 Å². The molecule has 6 nitrogen and oxygen atoms in total. The van der Waals surface area contributed by atoms with Gasteiger partial charge < -0.3 is 9.47 Å². The molecule has 0 radical (unpaired) electrons. The fraction of sp³-hybridized carbons (Fsp3) is 0.840. The Hall–Kier alpha value is -1.72. The number of esters is 2. The molecule has 0 saturated heterocycles. The van der Waals surface area contributed by atoms with E-state index >= 15 is 0 Å². The van der Waals surface area contributed by atoms with E-state index in [4.69, 9.17) is 9.47 Å². The largest absolute Gasteiger partial charge is 0.462 e. The van der Waals surface area contributed by atoms with Gasteiger partial charge in [0.25, 0.3) is 0 Å². The Labute approximate surface area is 184 Å². The van der Waals surface area contributed by atoms with Gasteiger partial charge in [0.15, 0.2) is 0 Å². The van der Waals surface area contributed by atoms with E-state index in [9.17, 15) is 19.2 Å². The summed E-state index contributed by atoms with van der Waals surface area (Å²) >= 11 is 0. The summed E-state index contributed by atoms with van der Waals surface area (Å²) < 4.78 is 11.8. The van der Waals surface area contributed by atoms with E-state index in [-0.39, 0.29) is 70.2 Å². The Balaban J connectivity index is 1.79. The zero-order valence-corrected chi connectivity index (χ0v) is 19.4. The molecule has 4 aliphatic rings. The predicted molar refractivity (Wildman–Crippen MR) is 113 cm³/mol. The summed E-state index contributed by atoms with van der Waals surface area (Å²) in [5, 5.41) is 0. The maximum Gasteiger partial charge on any atom is 0.302 e. The van der Waals surface area contributed by atoms with Crippen molar-refractivity contribution in [3.05, 3.63) is 0 Å². The maximum absolute atomic E-state index is 12.5. The second kappa shape index (κ2) is 7.70. The van der Waals surface area contributed by atoms with Crippen LogP contribution >= 0.6 is 0 Å². The molecule has 0 bridgehead atoms. The summed E-state index contributed by atoms with van der Waals surface area (Å²) in [6.07, 6.45) is 4.30. The van der Waals surface area contributed by atoms with Crippen LogP contribution in [-0.4, -0.2) is 35.7 Å². The average Bonchev–Trinajstić information content (AvgIpc) is 2.99. The van der Waals surface area contributed by atoms with Crippen LogP contribution in [0.3, 0.4) is 0 Å². The molecule has 0 N–H and O–H groups in total. The molecular formula is C25H36O6. The SMILES string of the molecule is CC(=O)O[C@@H]1C[C@@]2(C)[C@@H](C(C)=O)CC[C@H]2[C@H]2C[C@@H](OC(C)=O)[C@H]3CC(=O)CC[C@]3(C)[C@@H]21. The molecule has 0 spiro atoms. The van der Waals surface area contributed by atoms with E-state index in [1.165, 1.54) is 13.8 Å². The summed E-state index contributed by atoms with van der Waals surface area (Å²) in [5.74, 6) is 0.394. The van der Waals surface area contributed by atoms with Gasteiger partial charge in [-0.15, -0.1) is 0 Å². The van der Waals surface area contributed by atoms with Gasteiger partial charge in [-0.25, -0.2) is 0 Å². The summed E-state index contributed by atoms with van der Waals surface area (Å²) in [5.41, 5.74) is -0.464. The maximum atomic E-state index is 12.5. The van der Waals surface area contributed by atoms with Crippen LogP contribution in [0, 0.1) is 40.4 Å². The van der Waals surface area contributed by atoms with Gasteiger partial charge in [0, 0.05) is 44.4 Å². The van der Waals surface area contributed by atoms with Gasteiger partial charge in [-0.3, -0.25) is 19.2 Å². The lowest BCUT2D eigenvalue weighted by molar-refractivity contribution is -0.216. The Bertz CT molecular complexity index is 804. The number of fused-ring (bicyclic) bond motifs is 5. The Kier molecular flexibility index (Phi) is 5.58. The van der Waals surface area contributed by atoms with E-state index in [1.807, 2.05) is 0 Å². The molecule has 0 aromatic carbocycles. The summed E-state index contributed by atoms with van der Waals surface area (Å²) in [6, 6.07) is 0. The van der Waals surface area contributed by atoms with Crippen LogP contribution in [0.15, 0.2) is 0 Å². The van der Waals surface area contributed by atoms with Crippen molar-refractivity contribution in [2.24, 2.45) is 40.4 Å². The monoisotopic (exact) mass is 432 g/mol. The average molecular weight is 433 g/mol. The van der Waals surface area contributed by atoms with Crippen molar-refractivity contribution in [1.29, 1.82) is 0 Å². The number of hydrogen-bond acceptors (Lipinski definition) is 6. The second-order valence-electron chi connectivity index (χ2n) is 11.1. The fourth-order valence-corrected chi connectivity index (χ4v) is 8.49. The molecule has 4 rings (SSSR count). The van der Waals surface area contributed by atoms with E-state index in [1.54, 1.807) is 6.92 Å². The summed E-state index contributed by atoms with van der Waals surface area (Å²) in [4.78, 5) is 49.0. The van der Waals surface area contributed by atoms with Crippen LogP contribution in [0.5, 0.6) is 0 Å². The molecule has 9 atom stereocenters. The summed E-state index contributed by atoms with van der Waals surface area (Å²) in [7, 11) is 0. The van der Waals surface area contributed by atoms with E-state index in [0.29, 0.717) is 31.6 Å². The van der Waals surface area contributed by atoms with Crippen LogP contribution < -0.4 is 0 Å². The second-order valence-corrected chi connectivity index (χ2v) is 11.1. The van der Waals surface area contributed by atoms with Gasteiger partial charge in [-0.05, 0) is 61.7 Å². The first-order valence-corrected chi connectivity index (χ1v) is 11.8. The van der Waals surface area contributed by atoms with Crippen molar-refractivity contribution >= 4 is 23.5 Å². The number of ether oxygens (including phenoxy) is 2. The lowest BCUT2D eigenvalue weighted by Gasteiger charge is -2.63. The quantitative estimate of drug-likeness (QED) is 0.629. The summed E-state index contributed by atoms with van der Waals surface area (Å²) in [6.45, 7) is 8.98. The van der Waals surface area contributed by atoms with E-state index < -0.39 is 0 Å². The van der Waals surface area contributed by atoms with Gasteiger partial charge >= 0.3 is 11.9 Å². The van der Waals surface area contributed by atoms with Crippen LogP contribution in [0.2, 0.25) is 0 Å². The normalized spacial score (nSPS) is 46.4. The smallest absolute Gasteiger partial charge is 0.302 e. The number of carbonyl (C=O) groups is 4. The van der Waals surface area contributed by atoms with Gasteiger partial charge in [0.1, 0.15) is 23.8 Å². The molecule has 0 aromatic heterocycles. The van der Waals surface area contributed by atoms with Gasteiger partial charge in [0.2, 0.25) is 0 Å². The molecule has 0 aliphatic heterocycles. The van der Waals surface area contributed by atoms with E-state index in [2.05, 4.69) is 13.8 Å². The molecule has 0 amide bonds. The molecule has 0 heterocycles. The lowest BCUT2D eigenvalue weighted by atomic mass is 9.43. The first kappa shape index (κ1) is 22.5. The lowest BCUT2D eigenvalue weighted by Crippen LogP contribution is -2.63. The topological polar surface area (TPSA) is 86.7 Å². The Morgan fingerprint density at radius 3 is 2.16 bits per heavy atom. The van der Waals surface area contributed by atoms with E-state index in [0.717, 1.165) is 19.3 Å². The van der Waals surface area contributed by atoms with Crippen molar-refractivity contribution in [3.8, 4) is 0 Å². The molecule has 4 aliphatic carbocycles. The third-order valence-corrected chi connectivity index (χ3v) is 9.51. The minimum absolute atomic E-state index is 0.0258. The highest BCUT2D eigenvalue weighted by atomic mass is 16.5. The van der Waals surface area contributed by atoms with Crippen LogP contribution in [0.25, 0.3) is 0 Å². The number of hydrogen-bond donors (Lipinski definition) is 0. The molecule has 6 heteroatoms. The van der Waals surface area contributed by atoms with Gasteiger partial charge in [0.05, 0.1) is 0 Å². The minimum atomic E-state index is -0.313. The number of ketones is 2. The number of carbonyl (C=O) groups excluding carboxylic acids is 4. The molecule has 0 unspecified atom stereocenters. The Morgan fingerprint density at radius 1 is 0.903 bits per heavy atom. The highest BCUT2D eigenvalue weighted by Crippen LogP contribution is 2.68. The number of Topliss-reactive ketones (excluding diaryl/α,β-unsaturated/α-hetero) is 2. The molecule has 4 saturated carbocycles. The highest BCUT2D eigenvalue weighted by Gasteiger charge is 2.66. The van der Waals surface area contributed by atoms with Crippen molar-refractivity contribution in [3.63, 3.8) is 0 Å². The first-order valence-electron chi connectivity index (χ1n) is 11.8. The zero-order valence-electron chi connectivity index (χ0n) is 19.4. The predicted octanol–water partition coefficient (Wildman–Crippen LogP) is 3.89. The highest BCUT2D eigenvalue weighted by molar-refractivity contribution is 5.80. The Morgan fingerprint density at radius 2 is 1.55 bits per heavy atom. The third-order valence-electron chi connectivity index (χ3n) is 9.51. The standard InChI is InChI=1S/C25H36O6/c1-13(26)18-6-7-19-17-11-21(30-14(2)27)20-10-16(29)8-9-24(20,4)23(17)22(31-15(3)28)12-25(18,19)5/h17-23H,6-12H2,1-5H3/t17-,18-,19+,20-,21-,22-,23+,24+,25+/m1/s1. The van der Waals surface area contributed by atoms with Crippen molar-refractivity contribution in [1.82, 2.24) is 0 Å². The van der Waals surface area contributed by atoms with Crippen LogP contribution in [-0.2, 0) is 28.7 Å².